The van der Waals surface area contributed by atoms with Gasteiger partial charge < -0.3 is 15.2 Å². The van der Waals surface area contributed by atoms with Gasteiger partial charge in [-0.1, -0.05) is 32.6 Å². The van der Waals surface area contributed by atoms with Crippen LogP contribution in [0.2, 0.25) is 0 Å². The molecule has 1 fully saturated rings. The lowest BCUT2D eigenvalue weighted by Gasteiger charge is -2.34. The van der Waals surface area contributed by atoms with Crippen molar-refractivity contribution < 1.29 is 9.59 Å². The molecule has 144 valence electrons. The van der Waals surface area contributed by atoms with Crippen LogP contribution in [0.25, 0.3) is 11.0 Å². The largest absolute Gasteiger partial charge is 0.352 e. The molecule has 2 aromatic rings. The van der Waals surface area contributed by atoms with E-state index in [0.29, 0.717) is 18.0 Å². The summed E-state index contributed by atoms with van der Waals surface area (Å²) in [6, 6.07) is 1.68. The molecule has 2 unspecified atom stereocenters. The number of nitrogens with one attached hydrogen (secondary N) is 2. The predicted molar refractivity (Wildman–Crippen MR) is 104 cm³/mol. The minimum absolute atomic E-state index is 0.0110. The lowest BCUT2D eigenvalue weighted by atomic mass is 9.98. The maximum absolute atomic E-state index is 13.2. The molecule has 0 saturated heterocycles. The first kappa shape index (κ1) is 18.0. The van der Waals surface area contributed by atoms with Crippen LogP contribution in [0.15, 0.2) is 18.5 Å². The molecule has 1 aliphatic carbocycles. The van der Waals surface area contributed by atoms with E-state index in [4.69, 9.17) is 0 Å². The number of hydrogen-bond acceptors (Lipinski definition) is 3. The number of aromatic amines is 1. The topological polar surface area (TPSA) is 78.1 Å². The second-order valence-corrected chi connectivity index (χ2v) is 8.08. The molecule has 0 spiro atoms. The molecule has 2 aromatic heterocycles. The molecular formula is C21H28N4O2. The summed E-state index contributed by atoms with van der Waals surface area (Å²) in [5, 5.41) is 4.06. The Kier molecular flexibility index (Phi) is 4.89. The normalized spacial score (nSPS) is 18.6. The fourth-order valence-corrected chi connectivity index (χ4v) is 4.05. The molecular weight excluding hydrogens is 340 g/mol. The number of carbonyl (C=O) groups is 2. The van der Waals surface area contributed by atoms with E-state index in [0.717, 1.165) is 55.1 Å². The Hall–Kier alpha value is -2.37. The molecule has 6 heteroatoms. The van der Waals surface area contributed by atoms with Gasteiger partial charge in [-0.15, -0.1) is 0 Å². The molecule has 27 heavy (non-hydrogen) atoms. The van der Waals surface area contributed by atoms with Gasteiger partial charge in [0.05, 0.1) is 5.56 Å². The summed E-state index contributed by atoms with van der Waals surface area (Å²) in [5.74, 6) is 0.483. The van der Waals surface area contributed by atoms with Crippen LogP contribution in [0.1, 0.15) is 68.3 Å². The summed E-state index contributed by atoms with van der Waals surface area (Å²) >= 11 is 0. The minimum Gasteiger partial charge on any atom is -0.352 e. The number of hydrogen-bond donors (Lipinski definition) is 2. The van der Waals surface area contributed by atoms with Crippen molar-refractivity contribution in [1.82, 2.24) is 20.2 Å². The Balaban J connectivity index is 1.57. The van der Waals surface area contributed by atoms with E-state index in [1.807, 2.05) is 6.07 Å². The van der Waals surface area contributed by atoms with Gasteiger partial charge >= 0.3 is 0 Å². The highest BCUT2D eigenvalue weighted by molar-refractivity contribution is 6.10. The van der Waals surface area contributed by atoms with E-state index in [9.17, 15) is 9.59 Å². The van der Waals surface area contributed by atoms with Crippen LogP contribution in [-0.2, 0) is 11.3 Å². The smallest absolute Gasteiger partial charge is 0.257 e. The predicted octanol–water partition coefficient (Wildman–Crippen LogP) is 3.38. The number of rotatable bonds is 8. The van der Waals surface area contributed by atoms with Crippen molar-refractivity contribution >= 4 is 22.8 Å². The molecule has 0 radical (unpaired) electrons. The summed E-state index contributed by atoms with van der Waals surface area (Å²) < 4.78 is 0. The van der Waals surface area contributed by atoms with Crippen LogP contribution in [0.3, 0.4) is 0 Å². The van der Waals surface area contributed by atoms with Gasteiger partial charge in [0, 0.05) is 30.4 Å². The van der Waals surface area contributed by atoms with E-state index in [1.54, 1.807) is 17.3 Å². The van der Waals surface area contributed by atoms with Crippen LogP contribution < -0.4 is 5.32 Å². The van der Waals surface area contributed by atoms with Crippen LogP contribution in [0, 0.1) is 5.92 Å². The average Bonchev–Trinajstić information content (AvgIpc) is 3.37. The fourth-order valence-electron chi connectivity index (χ4n) is 4.05. The highest BCUT2D eigenvalue weighted by Crippen LogP contribution is 2.37. The van der Waals surface area contributed by atoms with Crippen molar-refractivity contribution in [1.29, 1.82) is 0 Å². The third-order valence-corrected chi connectivity index (χ3v) is 5.80. The highest BCUT2D eigenvalue weighted by atomic mass is 16.2. The summed E-state index contributed by atoms with van der Waals surface area (Å²) in [4.78, 5) is 35.4. The number of pyridine rings is 1. The zero-order valence-electron chi connectivity index (χ0n) is 16.1. The summed E-state index contributed by atoms with van der Waals surface area (Å²) in [6.45, 7) is 4.67. The summed E-state index contributed by atoms with van der Waals surface area (Å²) in [6.07, 6.45) is 9.74. The number of aromatic nitrogens is 2. The first-order chi connectivity index (χ1) is 13.1. The van der Waals surface area contributed by atoms with Crippen molar-refractivity contribution in [2.45, 2.75) is 71.0 Å². The molecule has 1 saturated carbocycles. The van der Waals surface area contributed by atoms with Crippen molar-refractivity contribution in [2.75, 3.05) is 0 Å². The van der Waals surface area contributed by atoms with Crippen molar-refractivity contribution in [3.05, 3.63) is 29.6 Å². The zero-order chi connectivity index (χ0) is 19.0. The molecule has 0 bridgehead atoms. The SMILES string of the molecule is CCCCC(C)NC(=O)C(CC1CC1)N1Cc2ccnc3[nH]cc(c23)C1=O. The Labute approximate surface area is 159 Å². The lowest BCUT2D eigenvalue weighted by Crippen LogP contribution is -2.52. The first-order valence-corrected chi connectivity index (χ1v) is 10.1. The molecule has 3 heterocycles. The first-order valence-electron chi connectivity index (χ1n) is 10.1. The standard InChI is InChI=1S/C21H28N4O2/c1-3-4-5-13(2)24-20(26)17(10-14-6-7-14)25-12-15-8-9-22-19-18(15)16(11-23-19)21(25)27/h8-9,11,13-14,17H,3-7,10,12H2,1-2H3,(H,22,23)(H,24,26). The monoisotopic (exact) mass is 368 g/mol. The maximum atomic E-state index is 13.2. The number of nitrogens with zero attached hydrogens (tertiary/aromatic N) is 2. The van der Waals surface area contributed by atoms with Gasteiger partial charge in [0.15, 0.2) is 0 Å². The Morgan fingerprint density at radius 2 is 2.26 bits per heavy atom. The van der Waals surface area contributed by atoms with E-state index >= 15 is 0 Å². The van der Waals surface area contributed by atoms with E-state index in [1.165, 1.54) is 0 Å². The molecule has 2 atom stereocenters. The van der Waals surface area contributed by atoms with Crippen molar-refractivity contribution in [3.8, 4) is 0 Å². The van der Waals surface area contributed by atoms with Gasteiger partial charge in [-0.3, -0.25) is 9.59 Å². The molecule has 6 nitrogen and oxygen atoms in total. The summed E-state index contributed by atoms with van der Waals surface area (Å²) in [5.41, 5.74) is 2.43. The van der Waals surface area contributed by atoms with Gasteiger partial charge in [-0.2, -0.15) is 0 Å². The fraction of sp³-hybridized carbons (Fsp3) is 0.571. The van der Waals surface area contributed by atoms with Crippen molar-refractivity contribution in [3.63, 3.8) is 0 Å². The number of unbranched alkanes of at least 4 members (excludes halogenated alkanes) is 1. The van der Waals surface area contributed by atoms with Crippen LogP contribution in [0.5, 0.6) is 0 Å². The van der Waals surface area contributed by atoms with Gasteiger partial charge in [-0.05, 0) is 37.3 Å². The van der Waals surface area contributed by atoms with Crippen LogP contribution in [0.4, 0.5) is 0 Å². The van der Waals surface area contributed by atoms with Gasteiger partial charge in [0.1, 0.15) is 11.7 Å². The maximum Gasteiger partial charge on any atom is 0.257 e. The van der Waals surface area contributed by atoms with E-state index in [2.05, 4.69) is 29.1 Å². The lowest BCUT2D eigenvalue weighted by molar-refractivity contribution is -0.127. The molecule has 4 rings (SSSR count). The van der Waals surface area contributed by atoms with Crippen LogP contribution >= 0.6 is 0 Å². The molecule has 0 aromatic carbocycles. The Bertz CT molecular complexity index is 855. The highest BCUT2D eigenvalue weighted by Gasteiger charge is 2.39. The second kappa shape index (κ2) is 7.33. The average molecular weight is 368 g/mol. The number of H-pyrrole nitrogens is 1. The number of amides is 2. The van der Waals surface area contributed by atoms with Crippen molar-refractivity contribution in [2.24, 2.45) is 5.92 Å². The summed E-state index contributed by atoms with van der Waals surface area (Å²) in [7, 11) is 0. The third kappa shape index (κ3) is 3.57. The molecule has 2 aliphatic rings. The second-order valence-electron chi connectivity index (χ2n) is 8.08. The van der Waals surface area contributed by atoms with Gasteiger partial charge in [0.2, 0.25) is 5.91 Å². The van der Waals surface area contributed by atoms with E-state index < -0.39 is 6.04 Å². The zero-order valence-corrected chi connectivity index (χ0v) is 16.1. The number of carbonyl (C=O) groups excluding carboxylic acids is 2. The quantitative estimate of drug-likeness (QED) is 0.750. The Morgan fingerprint density at radius 1 is 1.44 bits per heavy atom. The molecule has 2 N–H and O–H groups in total. The van der Waals surface area contributed by atoms with E-state index in [-0.39, 0.29) is 17.9 Å². The molecule has 1 aliphatic heterocycles. The third-order valence-electron chi connectivity index (χ3n) is 5.80. The van der Waals surface area contributed by atoms with Crippen LogP contribution in [-0.4, -0.2) is 38.8 Å². The van der Waals surface area contributed by atoms with Gasteiger partial charge in [-0.25, -0.2) is 4.98 Å². The van der Waals surface area contributed by atoms with Gasteiger partial charge in [0.25, 0.3) is 5.91 Å². The minimum atomic E-state index is -0.402. The molecule has 2 amide bonds. The Morgan fingerprint density at radius 3 is 3.00 bits per heavy atom.